The van der Waals surface area contributed by atoms with Gasteiger partial charge in [0.2, 0.25) is 0 Å². The molecule has 3 aliphatic rings. The van der Waals surface area contributed by atoms with E-state index in [0.29, 0.717) is 5.41 Å². The second-order valence-electron chi connectivity index (χ2n) is 20.4. The van der Waals surface area contributed by atoms with Gasteiger partial charge in [-0.1, -0.05) is 132 Å². The molecule has 58 heavy (non-hydrogen) atoms. The van der Waals surface area contributed by atoms with Crippen LogP contribution in [0.25, 0.3) is 22.3 Å². The predicted octanol–water partition coefficient (Wildman–Crippen LogP) is 8.58. The van der Waals surface area contributed by atoms with Crippen molar-refractivity contribution in [1.29, 1.82) is 0 Å². The first-order chi connectivity index (χ1) is 26.0. The molecular formula is C55H64Cl2Zr-2. The summed E-state index contributed by atoms with van der Waals surface area (Å²) in [6, 6.07) is 37.9. The zero-order valence-corrected chi connectivity index (χ0v) is 41.5. The van der Waals surface area contributed by atoms with Crippen LogP contribution in [0.5, 0.6) is 0 Å². The standard InChI is InChI=1S/C31H37.C13H10.C11H17.2ClH.Zr/c1-28(2,3)26-16-30(7,8)24-12-18-11-19-13-25-23(15-21(19)20(18)14-22(24)26)27(29(4,5)6)17-31(25,9)10;1-3-7-12(8-4-1)11-13-9-5-2-6-10-13;1-5-9-6-7-10(8-9)11(2,3)4;;;/h12-16H,11H2,1-10H3;1-10H;6-8H,5H2,1-4H3;2*1H;/q-1;;-1;;;+2/p-2. The van der Waals surface area contributed by atoms with Gasteiger partial charge >= 0.3 is 99.2 Å². The van der Waals surface area contributed by atoms with Crippen LogP contribution in [-0.4, -0.2) is 3.21 Å². The topological polar surface area (TPSA) is 0 Å². The minimum absolute atomic E-state index is 0. The van der Waals surface area contributed by atoms with Crippen molar-refractivity contribution in [3.8, 4) is 11.1 Å². The van der Waals surface area contributed by atoms with E-state index in [1.54, 1.807) is 0 Å². The Labute approximate surface area is 379 Å². The molecule has 0 atom stereocenters. The maximum absolute atomic E-state index is 3.85. The van der Waals surface area contributed by atoms with E-state index in [2.05, 4.69) is 212 Å². The predicted molar refractivity (Wildman–Crippen MR) is 240 cm³/mol. The van der Waals surface area contributed by atoms with Crippen LogP contribution in [0.4, 0.5) is 0 Å². The Balaban J connectivity index is 0.000000228. The fourth-order valence-electron chi connectivity index (χ4n) is 8.50. The monoisotopic (exact) mass is 884 g/mol. The SMILES string of the molecule is CC(C)(C)C1=[C-]C(C)(C)c2cc3c(cc21)-c1cc2c(cc1C3)C(C)(C)C=C2C(C)(C)C.CCc1cc(C(C)(C)C)c[cH-]1.[Cl-].[Cl-].[Zr+2]=[C](c1ccccc1)c1ccccc1. The van der Waals surface area contributed by atoms with Crippen molar-refractivity contribution < 1.29 is 49.0 Å². The van der Waals surface area contributed by atoms with E-state index in [4.69, 9.17) is 0 Å². The summed E-state index contributed by atoms with van der Waals surface area (Å²) >= 11 is 1.46. The third-order valence-electron chi connectivity index (χ3n) is 11.8. The van der Waals surface area contributed by atoms with E-state index >= 15 is 0 Å². The van der Waals surface area contributed by atoms with Crippen molar-refractivity contribution in [3.05, 3.63) is 171 Å². The number of hydrogen-bond acceptors (Lipinski definition) is 0. The van der Waals surface area contributed by atoms with E-state index < -0.39 is 0 Å². The van der Waals surface area contributed by atoms with Crippen LogP contribution >= 0.6 is 0 Å². The number of hydrogen-bond donors (Lipinski definition) is 0. The van der Waals surface area contributed by atoms with E-state index in [1.165, 1.54) is 105 Å². The molecule has 0 amide bonds. The van der Waals surface area contributed by atoms with Crippen LogP contribution in [0, 0.1) is 16.9 Å². The molecule has 304 valence electrons. The Morgan fingerprint density at radius 2 is 1.14 bits per heavy atom. The molecule has 0 heterocycles. The van der Waals surface area contributed by atoms with Crippen LogP contribution in [0.15, 0.2) is 109 Å². The second-order valence-corrected chi connectivity index (χ2v) is 21.6. The molecule has 0 N–H and O–H groups in total. The fourth-order valence-corrected chi connectivity index (χ4v) is 9.32. The van der Waals surface area contributed by atoms with Crippen molar-refractivity contribution in [2.75, 3.05) is 0 Å². The molecule has 5 aromatic rings. The second kappa shape index (κ2) is 17.6. The number of allylic oxidation sites excluding steroid dienone is 4. The number of aryl methyl sites for hydroxylation is 1. The van der Waals surface area contributed by atoms with Crippen molar-refractivity contribution in [2.24, 2.45) is 10.8 Å². The van der Waals surface area contributed by atoms with Gasteiger partial charge in [-0.05, 0) is 62.3 Å². The molecule has 3 aliphatic carbocycles. The van der Waals surface area contributed by atoms with Crippen molar-refractivity contribution in [1.82, 2.24) is 0 Å². The zero-order chi connectivity index (χ0) is 41.0. The molecule has 0 saturated carbocycles. The van der Waals surface area contributed by atoms with Crippen molar-refractivity contribution >= 4 is 14.4 Å². The van der Waals surface area contributed by atoms with Crippen LogP contribution in [0.3, 0.4) is 0 Å². The van der Waals surface area contributed by atoms with Gasteiger partial charge in [0.05, 0.1) is 0 Å². The summed E-state index contributed by atoms with van der Waals surface area (Å²) in [6.07, 6.45) is 8.56. The summed E-state index contributed by atoms with van der Waals surface area (Å²) in [4.78, 5) is 0. The van der Waals surface area contributed by atoms with Gasteiger partial charge in [-0.3, -0.25) is 6.08 Å². The Bertz CT molecular complexity index is 2170. The van der Waals surface area contributed by atoms with Crippen LogP contribution < -0.4 is 24.8 Å². The molecule has 0 fully saturated rings. The van der Waals surface area contributed by atoms with Gasteiger partial charge in [0.15, 0.2) is 0 Å². The number of benzene rings is 4. The van der Waals surface area contributed by atoms with Gasteiger partial charge in [0, 0.05) is 5.41 Å². The first-order valence-corrected chi connectivity index (χ1v) is 21.9. The van der Waals surface area contributed by atoms with Gasteiger partial charge in [-0.15, -0.1) is 11.6 Å². The van der Waals surface area contributed by atoms with E-state index in [0.717, 1.165) is 12.8 Å². The summed E-state index contributed by atoms with van der Waals surface area (Å²) in [7, 11) is 0. The van der Waals surface area contributed by atoms with Crippen LogP contribution in [0.1, 0.15) is 153 Å². The zero-order valence-electron chi connectivity index (χ0n) is 37.6. The Morgan fingerprint density at radius 3 is 1.57 bits per heavy atom. The quantitative estimate of drug-likeness (QED) is 0.157. The molecule has 0 nitrogen and oxygen atoms in total. The van der Waals surface area contributed by atoms with Gasteiger partial charge in [0.1, 0.15) is 0 Å². The van der Waals surface area contributed by atoms with Crippen LogP contribution in [-0.2, 0) is 53.3 Å². The van der Waals surface area contributed by atoms with Gasteiger partial charge in [0.25, 0.3) is 0 Å². The first-order valence-electron chi connectivity index (χ1n) is 20.7. The summed E-state index contributed by atoms with van der Waals surface area (Å²) in [5.41, 5.74) is 20.8. The van der Waals surface area contributed by atoms with Crippen molar-refractivity contribution in [3.63, 3.8) is 0 Å². The van der Waals surface area contributed by atoms with E-state index in [-0.39, 0.29) is 46.5 Å². The third-order valence-corrected chi connectivity index (χ3v) is 13.2. The van der Waals surface area contributed by atoms with Gasteiger partial charge in [-0.2, -0.15) is 28.8 Å². The Kier molecular flexibility index (Phi) is 14.5. The summed E-state index contributed by atoms with van der Waals surface area (Å²) in [6.45, 7) is 32.3. The maximum atomic E-state index is 3.85. The van der Waals surface area contributed by atoms with Crippen LogP contribution in [0.2, 0.25) is 0 Å². The minimum atomic E-state index is -0.0202. The number of rotatable bonds is 3. The van der Waals surface area contributed by atoms with E-state index in [1.807, 2.05) is 0 Å². The molecule has 3 heteroatoms. The van der Waals surface area contributed by atoms with Gasteiger partial charge < -0.3 is 24.8 Å². The molecular weight excluding hydrogens is 823 g/mol. The van der Waals surface area contributed by atoms with Crippen molar-refractivity contribution in [2.45, 2.75) is 126 Å². The molecule has 0 unspecified atom stereocenters. The number of fused-ring (bicyclic) bond motifs is 5. The first kappa shape index (κ1) is 47.7. The number of halogens is 2. The molecule has 0 bridgehead atoms. The van der Waals surface area contributed by atoms with E-state index in [9.17, 15) is 0 Å². The fraction of sp³-hybridized carbons (Fsp3) is 0.382. The average molecular weight is 887 g/mol. The normalized spacial score (nSPS) is 15.4. The Hall–Kier alpha value is -2.96. The molecule has 0 aliphatic heterocycles. The molecule has 0 saturated heterocycles. The molecule has 5 aromatic carbocycles. The molecule has 0 aromatic heterocycles. The summed E-state index contributed by atoms with van der Waals surface area (Å²) in [5, 5.41) is 0. The molecule has 8 rings (SSSR count). The summed E-state index contributed by atoms with van der Waals surface area (Å²) < 4.78 is 1.42. The average Bonchev–Trinajstić information content (AvgIpc) is 3.89. The Morgan fingerprint density at radius 1 is 0.638 bits per heavy atom. The molecule has 0 radical (unpaired) electrons. The third kappa shape index (κ3) is 9.97. The molecule has 0 spiro atoms. The summed E-state index contributed by atoms with van der Waals surface area (Å²) in [5.74, 6) is 0. The van der Waals surface area contributed by atoms with Gasteiger partial charge in [-0.25, -0.2) is 11.6 Å².